The summed E-state index contributed by atoms with van der Waals surface area (Å²) in [5.41, 5.74) is 2.94. The number of nitrogens with zero attached hydrogens (tertiary/aromatic N) is 2. The van der Waals surface area contributed by atoms with Crippen molar-refractivity contribution >= 4 is 33.2 Å². The molecule has 0 spiro atoms. The molecule has 31 heavy (non-hydrogen) atoms. The molecule has 1 unspecified atom stereocenters. The number of aromatic nitrogens is 2. The van der Waals surface area contributed by atoms with Crippen LogP contribution in [0.5, 0.6) is 0 Å². The molecule has 2 aromatic carbocycles. The summed E-state index contributed by atoms with van der Waals surface area (Å²) in [6.07, 6.45) is 0. The van der Waals surface area contributed by atoms with Crippen molar-refractivity contribution in [1.82, 2.24) is 15.1 Å². The summed E-state index contributed by atoms with van der Waals surface area (Å²) in [5.74, 6) is -0.946. The van der Waals surface area contributed by atoms with Gasteiger partial charge in [0.15, 0.2) is 0 Å². The highest BCUT2D eigenvalue weighted by Crippen LogP contribution is 2.27. The van der Waals surface area contributed by atoms with Gasteiger partial charge in [0.25, 0.3) is 15.9 Å². The Balaban J connectivity index is 1.83. The minimum atomic E-state index is -4.01. The first kappa shape index (κ1) is 22.8. The summed E-state index contributed by atoms with van der Waals surface area (Å²) in [4.78, 5) is 12.7. The maximum atomic E-state index is 13.1. The quantitative estimate of drug-likeness (QED) is 0.573. The fourth-order valence-corrected chi connectivity index (χ4v) is 4.62. The summed E-state index contributed by atoms with van der Waals surface area (Å²) in [5, 5.41) is 7.38. The molecule has 2 N–H and O–H groups in total. The molecule has 3 aromatic rings. The Morgan fingerprint density at radius 1 is 1.16 bits per heavy atom. The average molecular weight is 465 g/mol. The van der Waals surface area contributed by atoms with Crippen molar-refractivity contribution in [1.29, 1.82) is 0 Å². The molecule has 164 valence electrons. The zero-order valence-electron chi connectivity index (χ0n) is 17.4. The van der Waals surface area contributed by atoms with E-state index >= 15 is 0 Å². The lowest BCUT2D eigenvalue weighted by molar-refractivity contribution is 0.0939. The van der Waals surface area contributed by atoms with Gasteiger partial charge in [-0.1, -0.05) is 11.6 Å². The van der Waals surface area contributed by atoms with Gasteiger partial charge < -0.3 is 5.32 Å². The number of rotatable bonds is 6. The van der Waals surface area contributed by atoms with Gasteiger partial charge in [0, 0.05) is 23.9 Å². The number of halogens is 2. The Morgan fingerprint density at radius 2 is 1.81 bits per heavy atom. The van der Waals surface area contributed by atoms with Crippen molar-refractivity contribution in [2.24, 2.45) is 7.05 Å². The topological polar surface area (TPSA) is 93.1 Å². The number of sulfonamides is 1. The van der Waals surface area contributed by atoms with Crippen LogP contribution in [-0.4, -0.2) is 24.1 Å². The van der Waals surface area contributed by atoms with Crippen LogP contribution in [0.2, 0.25) is 5.02 Å². The molecular formula is C21H22ClFN4O3S. The minimum absolute atomic E-state index is 0.0417. The van der Waals surface area contributed by atoms with Crippen LogP contribution in [0.3, 0.4) is 0 Å². The Bertz CT molecular complexity index is 1240. The third-order valence-electron chi connectivity index (χ3n) is 4.94. The number of benzene rings is 2. The highest BCUT2D eigenvalue weighted by Gasteiger charge is 2.21. The van der Waals surface area contributed by atoms with Crippen molar-refractivity contribution in [3.05, 3.63) is 75.8 Å². The number of carbonyl (C=O) groups excluding carboxylic acids is 1. The predicted molar refractivity (Wildman–Crippen MR) is 117 cm³/mol. The van der Waals surface area contributed by atoms with E-state index in [1.165, 1.54) is 18.2 Å². The Labute approximate surface area is 185 Å². The highest BCUT2D eigenvalue weighted by molar-refractivity contribution is 7.92. The van der Waals surface area contributed by atoms with E-state index in [9.17, 15) is 17.6 Å². The maximum absolute atomic E-state index is 13.1. The molecule has 0 aliphatic rings. The number of anilines is 1. The maximum Gasteiger partial charge on any atom is 0.261 e. The molecule has 7 nitrogen and oxygen atoms in total. The molecule has 1 aromatic heterocycles. The zero-order chi connectivity index (χ0) is 22.9. The van der Waals surface area contributed by atoms with Crippen LogP contribution in [0.1, 0.15) is 40.3 Å². The molecule has 3 rings (SSSR count). The van der Waals surface area contributed by atoms with E-state index in [0.717, 1.165) is 41.2 Å². The van der Waals surface area contributed by atoms with E-state index in [0.29, 0.717) is 0 Å². The van der Waals surface area contributed by atoms with E-state index in [-0.39, 0.29) is 27.2 Å². The van der Waals surface area contributed by atoms with Gasteiger partial charge >= 0.3 is 0 Å². The number of hydrogen-bond donors (Lipinski definition) is 2. The van der Waals surface area contributed by atoms with E-state index in [1.54, 1.807) is 4.68 Å². The van der Waals surface area contributed by atoms with Crippen LogP contribution in [0.15, 0.2) is 47.4 Å². The lowest BCUT2D eigenvalue weighted by Crippen LogP contribution is -2.27. The summed E-state index contributed by atoms with van der Waals surface area (Å²) < 4.78 is 42.4. The lowest BCUT2D eigenvalue weighted by atomic mass is 10.1. The highest BCUT2D eigenvalue weighted by atomic mass is 35.5. The normalized spacial score (nSPS) is 12.5. The van der Waals surface area contributed by atoms with E-state index in [2.05, 4.69) is 15.1 Å². The first-order valence-electron chi connectivity index (χ1n) is 9.38. The Hall–Kier alpha value is -2.91. The second-order valence-electron chi connectivity index (χ2n) is 7.16. The average Bonchev–Trinajstić information content (AvgIpc) is 2.95. The number of amides is 1. The van der Waals surface area contributed by atoms with E-state index < -0.39 is 21.7 Å². The molecule has 1 heterocycles. The monoisotopic (exact) mass is 464 g/mol. The fourth-order valence-electron chi connectivity index (χ4n) is 3.33. The van der Waals surface area contributed by atoms with E-state index in [4.69, 9.17) is 11.6 Å². The van der Waals surface area contributed by atoms with Crippen molar-refractivity contribution in [2.75, 3.05) is 4.72 Å². The second-order valence-corrected chi connectivity index (χ2v) is 9.25. The van der Waals surface area contributed by atoms with Gasteiger partial charge in [0.1, 0.15) is 5.82 Å². The van der Waals surface area contributed by atoms with Crippen LogP contribution in [0, 0.1) is 19.7 Å². The molecule has 0 aliphatic carbocycles. The summed E-state index contributed by atoms with van der Waals surface area (Å²) in [6.45, 7) is 5.64. The van der Waals surface area contributed by atoms with Gasteiger partial charge in [-0.15, -0.1) is 0 Å². The molecule has 0 radical (unpaired) electrons. The van der Waals surface area contributed by atoms with Gasteiger partial charge in [-0.05, 0) is 63.2 Å². The van der Waals surface area contributed by atoms with Crippen LogP contribution in [0.25, 0.3) is 0 Å². The largest absolute Gasteiger partial charge is 0.345 e. The molecule has 10 heteroatoms. The number of hydrogen-bond acceptors (Lipinski definition) is 4. The van der Waals surface area contributed by atoms with E-state index in [1.807, 2.05) is 27.8 Å². The van der Waals surface area contributed by atoms with Crippen LogP contribution < -0.4 is 10.0 Å². The molecule has 0 saturated heterocycles. The SMILES string of the molecule is Cc1nn(C)c(C)c1C(C)NC(=O)c1ccc(Cl)c(NS(=O)(=O)c2ccc(F)cc2)c1. The smallest absolute Gasteiger partial charge is 0.261 e. The van der Waals surface area contributed by atoms with Crippen molar-refractivity contribution in [3.63, 3.8) is 0 Å². The van der Waals surface area contributed by atoms with Crippen molar-refractivity contribution < 1.29 is 17.6 Å². The standard InChI is InChI=1S/C21H22ClFN4O3S/c1-12(20-13(2)25-27(4)14(20)3)24-21(28)15-5-10-18(22)19(11-15)26-31(29,30)17-8-6-16(23)7-9-17/h5-12,26H,1-4H3,(H,24,28). The first-order chi connectivity index (χ1) is 14.5. The van der Waals surface area contributed by atoms with Gasteiger partial charge in [0.05, 0.1) is 27.3 Å². The predicted octanol–water partition coefficient (Wildman–Crippen LogP) is 4.12. The molecule has 0 fully saturated rings. The molecule has 1 atom stereocenters. The molecular weight excluding hydrogens is 443 g/mol. The number of carbonyl (C=O) groups is 1. The first-order valence-corrected chi connectivity index (χ1v) is 11.2. The van der Waals surface area contributed by atoms with Gasteiger partial charge in [-0.2, -0.15) is 5.10 Å². The molecule has 0 aliphatic heterocycles. The third kappa shape index (κ3) is 4.88. The van der Waals surface area contributed by atoms with Gasteiger partial charge in [-0.3, -0.25) is 14.2 Å². The molecule has 1 amide bonds. The zero-order valence-corrected chi connectivity index (χ0v) is 19.0. The number of nitrogens with one attached hydrogen (secondary N) is 2. The van der Waals surface area contributed by atoms with Crippen LogP contribution >= 0.6 is 11.6 Å². The summed E-state index contributed by atoms with van der Waals surface area (Å²) >= 11 is 6.14. The molecule has 0 saturated carbocycles. The third-order valence-corrected chi connectivity index (χ3v) is 6.65. The molecule has 0 bridgehead atoms. The minimum Gasteiger partial charge on any atom is -0.345 e. The summed E-state index contributed by atoms with van der Waals surface area (Å²) in [7, 11) is -2.18. The van der Waals surface area contributed by atoms with Crippen LogP contribution in [-0.2, 0) is 17.1 Å². The van der Waals surface area contributed by atoms with Crippen LogP contribution in [0.4, 0.5) is 10.1 Å². The van der Waals surface area contributed by atoms with Gasteiger partial charge in [0.2, 0.25) is 0 Å². The second kappa shape index (κ2) is 8.68. The lowest BCUT2D eigenvalue weighted by Gasteiger charge is -2.16. The van der Waals surface area contributed by atoms with Crippen molar-refractivity contribution in [2.45, 2.75) is 31.7 Å². The fraction of sp³-hybridized carbons (Fsp3) is 0.238. The summed E-state index contributed by atoms with van der Waals surface area (Å²) in [6, 6.07) is 8.36. The Morgan fingerprint density at radius 3 is 2.39 bits per heavy atom. The Kier molecular flexibility index (Phi) is 6.38. The number of aryl methyl sites for hydroxylation is 2. The van der Waals surface area contributed by atoms with Gasteiger partial charge in [-0.25, -0.2) is 12.8 Å². The van der Waals surface area contributed by atoms with Crippen molar-refractivity contribution in [3.8, 4) is 0 Å².